The predicted molar refractivity (Wildman–Crippen MR) is 103 cm³/mol. The maximum atomic E-state index is 4.18. The zero-order valence-corrected chi connectivity index (χ0v) is 13.3. The van der Waals surface area contributed by atoms with Crippen LogP contribution in [-0.2, 0) is 0 Å². The highest BCUT2D eigenvalue weighted by Gasteiger charge is 1.97. The lowest BCUT2D eigenvalue weighted by molar-refractivity contribution is 1.41. The van der Waals surface area contributed by atoms with Crippen molar-refractivity contribution in [1.82, 2.24) is 4.98 Å². The van der Waals surface area contributed by atoms with Gasteiger partial charge in [0.15, 0.2) is 0 Å². The highest BCUT2D eigenvalue weighted by Crippen LogP contribution is 2.24. The van der Waals surface area contributed by atoms with Crippen LogP contribution in [-0.4, -0.2) is 4.98 Å². The van der Waals surface area contributed by atoms with Crippen LogP contribution in [0, 0.1) is 0 Å². The maximum Gasteiger partial charge on any atom is 0.0701 e. The molecule has 0 spiro atoms. The van der Waals surface area contributed by atoms with E-state index < -0.39 is 0 Å². The molecule has 0 N–H and O–H groups in total. The van der Waals surface area contributed by atoms with Gasteiger partial charge in [0.1, 0.15) is 0 Å². The van der Waals surface area contributed by atoms with Gasteiger partial charge in [0.25, 0.3) is 0 Å². The fourth-order valence-electron chi connectivity index (χ4n) is 2.97. The minimum Gasteiger partial charge on any atom is -0.256 e. The minimum atomic E-state index is 1.06. The molecule has 0 saturated carbocycles. The van der Waals surface area contributed by atoms with E-state index in [0.29, 0.717) is 0 Å². The Morgan fingerprint density at radius 2 is 0.917 bits per heavy atom. The second-order valence-corrected chi connectivity index (χ2v) is 5.70. The van der Waals surface area contributed by atoms with E-state index in [-0.39, 0.29) is 0 Å². The van der Waals surface area contributed by atoms with Gasteiger partial charge in [-0.1, -0.05) is 84.9 Å². The van der Waals surface area contributed by atoms with E-state index in [1.807, 2.05) is 30.5 Å². The van der Waals surface area contributed by atoms with E-state index in [9.17, 15) is 0 Å². The van der Waals surface area contributed by atoms with Crippen molar-refractivity contribution in [2.24, 2.45) is 0 Å². The number of pyridine rings is 1. The number of para-hydroxylation sites is 1. The molecule has 5 rings (SSSR count). The molecule has 0 atom stereocenters. The van der Waals surface area contributed by atoms with E-state index in [2.05, 4.69) is 77.8 Å². The van der Waals surface area contributed by atoms with Gasteiger partial charge in [-0.2, -0.15) is 0 Å². The lowest BCUT2D eigenvalue weighted by atomic mass is 10.0. The molecule has 1 nitrogen and oxygen atoms in total. The summed E-state index contributed by atoms with van der Waals surface area (Å²) in [7, 11) is 0. The molecule has 1 heteroatoms. The molecule has 0 aliphatic carbocycles. The Labute approximate surface area is 141 Å². The van der Waals surface area contributed by atoms with Gasteiger partial charge in [0.2, 0.25) is 0 Å². The minimum absolute atomic E-state index is 1.06. The molecule has 0 amide bonds. The van der Waals surface area contributed by atoms with Crippen molar-refractivity contribution >= 4 is 32.4 Å². The van der Waals surface area contributed by atoms with Crippen LogP contribution in [0.15, 0.2) is 103 Å². The Hall–Kier alpha value is -3.19. The van der Waals surface area contributed by atoms with Gasteiger partial charge in [-0.05, 0) is 33.7 Å². The zero-order chi connectivity index (χ0) is 16.2. The van der Waals surface area contributed by atoms with E-state index in [1.165, 1.54) is 26.9 Å². The van der Waals surface area contributed by atoms with Crippen molar-refractivity contribution in [3.8, 4) is 0 Å². The summed E-state index contributed by atoms with van der Waals surface area (Å²) in [5.74, 6) is 0. The third-order valence-electron chi connectivity index (χ3n) is 4.17. The monoisotopic (exact) mass is 307 g/mol. The Bertz CT molecular complexity index is 992. The standard InChI is InChI=1S/C14H10.C9H7N/c1-3-7-13-11(5-1)9-10-12-6-2-4-8-14(12)13;1-2-6-9-8(4-1)5-3-7-10-9/h1-10H;1-7H. The lowest BCUT2D eigenvalue weighted by Crippen LogP contribution is -1.75. The Morgan fingerprint density at radius 3 is 1.54 bits per heavy atom. The number of aromatic nitrogens is 1. The van der Waals surface area contributed by atoms with Crippen LogP contribution in [0.3, 0.4) is 0 Å². The van der Waals surface area contributed by atoms with Crippen molar-refractivity contribution in [1.29, 1.82) is 0 Å². The van der Waals surface area contributed by atoms with E-state index in [4.69, 9.17) is 0 Å². The van der Waals surface area contributed by atoms with Crippen molar-refractivity contribution in [3.05, 3.63) is 103 Å². The summed E-state index contributed by atoms with van der Waals surface area (Å²) in [6.45, 7) is 0. The van der Waals surface area contributed by atoms with Gasteiger partial charge in [-0.15, -0.1) is 0 Å². The molecule has 4 aromatic carbocycles. The first-order chi connectivity index (χ1) is 11.9. The van der Waals surface area contributed by atoms with Crippen LogP contribution in [0.2, 0.25) is 0 Å². The van der Waals surface area contributed by atoms with E-state index >= 15 is 0 Å². The summed E-state index contributed by atoms with van der Waals surface area (Å²) in [6.07, 6.45) is 1.81. The molecule has 0 saturated heterocycles. The van der Waals surface area contributed by atoms with Gasteiger partial charge in [0, 0.05) is 11.6 Å². The summed E-state index contributed by atoms with van der Waals surface area (Å²) in [5, 5.41) is 6.50. The van der Waals surface area contributed by atoms with Crippen LogP contribution in [0.25, 0.3) is 32.4 Å². The molecule has 24 heavy (non-hydrogen) atoms. The van der Waals surface area contributed by atoms with Gasteiger partial charge in [0.05, 0.1) is 5.52 Å². The first-order valence-corrected chi connectivity index (χ1v) is 8.08. The molecule has 0 radical (unpaired) electrons. The fourth-order valence-corrected chi connectivity index (χ4v) is 2.97. The Morgan fingerprint density at radius 1 is 0.417 bits per heavy atom. The molecule has 0 bridgehead atoms. The van der Waals surface area contributed by atoms with Crippen LogP contribution >= 0.6 is 0 Å². The normalized spacial score (nSPS) is 10.5. The van der Waals surface area contributed by atoms with E-state index in [0.717, 1.165) is 5.52 Å². The van der Waals surface area contributed by atoms with Crippen LogP contribution in [0.1, 0.15) is 0 Å². The molecule has 114 valence electrons. The average molecular weight is 307 g/mol. The Kier molecular flexibility index (Phi) is 3.91. The summed E-state index contributed by atoms with van der Waals surface area (Å²) < 4.78 is 0. The summed E-state index contributed by atoms with van der Waals surface area (Å²) in [6, 6.07) is 33.5. The van der Waals surface area contributed by atoms with E-state index in [1.54, 1.807) is 0 Å². The van der Waals surface area contributed by atoms with Crippen LogP contribution in [0.4, 0.5) is 0 Å². The third kappa shape index (κ3) is 2.84. The SMILES string of the molecule is c1ccc2c(c1)ccc1ccccc12.c1ccc2ncccc2c1. The number of fused-ring (bicyclic) bond motifs is 4. The molecule has 5 aromatic rings. The highest BCUT2D eigenvalue weighted by atomic mass is 14.6. The molecule has 1 aromatic heterocycles. The van der Waals surface area contributed by atoms with Gasteiger partial charge >= 0.3 is 0 Å². The zero-order valence-electron chi connectivity index (χ0n) is 13.3. The average Bonchev–Trinajstić information content (AvgIpc) is 2.68. The second kappa shape index (κ2) is 6.51. The topological polar surface area (TPSA) is 12.9 Å². The highest BCUT2D eigenvalue weighted by molar-refractivity contribution is 6.07. The smallest absolute Gasteiger partial charge is 0.0701 e. The molecular formula is C23H17N. The molecule has 1 heterocycles. The first kappa shape index (κ1) is 14.4. The number of rotatable bonds is 0. The first-order valence-electron chi connectivity index (χ1n) is 8.08. The van der Waals surface area contributed by atoms with Crippen LogP contribution < -0.4 is 0 Å². The number of hydrogen-bond donors (Lipinski definition) is 0. The Balaban J connectivity index is 0.000000129. The van der Waals surface area contributed by atoms with Gasteiger partial charge in [-0.3, -0.25) is 4.98 Å². The summed E-state index contributed by atoms with van der Waals surface area (Å²) in [4.78, 5) is 4.18. The van der Waals surface area contributed by atoms with Crippen LogP contribution in [0.5, 0.6) is 0 Å². The molecule has 0 fully saturated rings. The number of hydrogen-bond acceptors (Lipinski definition) is 1. The van der Waals surface area contributed by atoms with Crippen molar-refractivity contribution in [2.45, 2.75) is 0 Å². The molecular weight excluding hydrogens is 290 g/mol. The van der Waals surface area contributed by atoms with Crippen molar-refractivity contribution < 1.29 is 0 Å². The lowest BCUT2D eigenvalue weighted by Gasteiger charge is -2.02. The number of nitrogens with zero attached hydrogens (tertiary/aromatic N) is 1. The van der Waals surface area contributed by atoms with Gasteiger partial charge in [-0.25, -0.2) is 0 Å². The molecule has 0 aliphatic rings. The fraction of sp³-hybridized carbons (Fsp3) is 0. The maximum absolute atomic E-state index is 4.18. The predicted octanol–water partition coefficient (Wildman–Crippen LogP) is 6.23. The third-order valence-corrected chi connectivity index (χ3v) is 4.17. The van der Waals surface area contributed by atoms with Gasteiger partial charge < -0.3 is 0 Å². The number of benzene rings is 4. The van der Waals surface area contributed by atoms with Crippen molar-refractivity contribution in [2.75, 3.05) is 0 Å². The molecule has 0 unspecified atom stereocenters. The molecule has 0 aliphatic heterocycles. The largest absolute Gasteiger partial charge is 0.256 e. The summed E-state index contributed by atoms with van der Waals surface area (Å²) in [5.41, 5.74) is 1.06. The van der Waals surface area contributed by atoms with Crippen molar-refractivity contribution in [3.63, 3.8) is 0 Å². The quantitative estimate of drug-likeness (QED) is 0.309. The second-order valence-electron chi connectivity index (χ2n) is 5.70. The summed E-state index contributed by atoms with van der Waals surface area (Å²) >= 11 is 0.